The summed E-state index contributed by atoms with van der Waals surface area (Å²) < 4.78 is 0. The van der Waals surface area contributed by atoms with E-state index in [4.69, 9.17) is 23.2 Å². The van der Waals surface area contributed by atoms with Crippen LogP contribution >= 0.6 is 23.2 Å². The minimum Gasteiger partial charge on any atom is -0.389 e. The molecule has 0 unspecified atom stereocenters. The first-order valence-corrected chi connectivity index (χ1v) is 7.43. The Bertz CT molecular complexity index is 712. The van der Waals surface area contributed by atoms with E-state index in [0.717, 1.165) is 11.3 Å². The molecule has 0 aromatic heterocycles. The molecule has 0 saturated heterocycles. The zero-order chi connectivity index (χ0) is 16.1. The highest BCUT2D eigenvalue weighted by atomic mass is 35.5. The summed E-state index contributed by atoms with van der Waals surface area (Å²) in [6, 6.07) is 12.1. The van der Waals surface area contributed by atoms with Crippen LogP contribution in [-0.2, 0) is 0 Å². The molecule has 5 heteroatoms. The van der Waals surface area contributed by atoms with Crippen LogP contribution in [0.15, 0.2) is 54.7 Å². The Balaban J connectivity index is 2.06. The lowest BCUT2D eigenvalue weighted by Crippen LogP contribution is -1.98. The van der Waals surface area contributed by atoms with Gasteiger partial charge in [-0.1, -0.05) is 35.3 Å². The van der Waals surface area contributed by atoms with Crippen molar-refractivity contribution in [1.29, 1.82) is 0 Å². The van der Waals surface area contributed by atoms with E-state index < -0.39 is 6.10 Å². The fourth-order valence-electron chi connectivity index (χ4n) is 1.88. The van der Waals surface area contributed by atoms with E-state index in [1.54, 1.807) is 19.1 Å². The van der Waals surface area contributed by atoms with E-state index in [-0.39, 0.29) is 5.78 Å². The molecule has 0 spiro atoms. The largest absolute Gasteiger partial charge is 0.389 e. The number of carbonyl (C=O) groups is 1. The van der Waals surface area contributed by atoms with Crippen LogP contribution in [0, 0.1) is 0 Å². The molecule has 2 aromatic rings. The molecule has 2 N–H and O–H groups in total. The Kier molecular flexibility index (Phi) is 5.61. The monoisotopic (exact) mass is 335 g/mol. The average molecular weight is 336 g/mol. The average Bonchev–Trinajstić information content (AvgIpc) is 2.47. The van der Waals surface area contributed by atoms with Gasteiger partial charge < -0.3 is 10.4 Å². The quantitative estimate of drug-likeness (QED) is 0.606. The van der Waals surface area contributed by atoms with Crippen LogP contribution < -0.4 is 5.32 Å². The molecule has 114 valence electrons. The first-order chi connectivity index (χ1) is 10.5. The standard InChI is InChI=1S/C17H15Cl2NO2/c1-11(21)12-3-2-4-14(9-12)20-8-7-17(22)15-6-5-13(18)10-16(15)19/h2-11,20-21H,1H3/b8-7+/t11-/m1/s1. The molecule has 0 aliphatic carbocycles. The number of nitrogens with one attached hydrogen (secondary N) is 1. The fourth-order valence-corrected chi connectivity index (χ4v) is 2.38. The van der Waals surface area contributed by atoms with Crippen molar-refractivity contribution in [3.63, 3.8) is 0 Å². The second-order valence-electron chi connectivity index (χ2n) is 4.77. The number of hydrogen-bond acceptors (Lipinski definition) is 3. The summed E-state index contributed by atoms with van der Waals surface area (Å²) in [5, 5.41) is 13.3. The molecule has 3 nitrogen and oxygen atoms in total. The van der Waals surface area contributed by atoms with Crippen molar-refractivity contribution in [3.05, 3.63) is 75.9 Å². The Morgan fingerprint density at radius 1 is 1.23 bits per heavy atom. The first kappa shape index (κ1) is 16.6. The zero-order valence-electron chi connectivity index (χ0n) is 11.9. The van der Waals surface area contributed by atoms with Crippen LogP contribution in [0.1, 0.15) is 28.9 Å². The minimum atomic E-state index is -0.541. The summed E-state index contributed by atoms with van der Waals surface area (Å²) >= 11 is 11.8. The molecule has 0 radical (unpaired) electrons. The van der Waals surface area contributed by atoms with E-state index in [2.05, 4.69) is 5.32 Å². The van der Waals surface area contributed by atoms with Gasteiger partial charge in [-0.3, -0.25) is 4.79 Å². The summed E-state index contributed by atoms with van der Waals surface area (Å²) in [4.78, 5) is 12.0. The van der Waals surface area contributed by atoms with Crippen LogP contribution in [0.5, 0.6) is 0 Å². The van der Waals surface area contributed by atoms with Gasteiger partial charge in [-0.15, -0.1) is 0 Å². The van der Waals surface area contributed by atoms with Crippen molar-refractivity contribution < 1.29 is 9.90 Å². The maximum absolute atomic E-state index is 12.0. The third-order valence-corrected chi connectivity index (χ3v) is 3.60. The Hall–Kier alpha value is -1.81. The first-order valence-electron chi connectivity index (χ1n) is 6.68. The molecular formula is C17H15Cl2NO2. The highest BCUT2D eigenvalue weighted by Crippen LogP contribution is 2.22. The molecule has 2 aromatic carbocycles. The number of ketones is 1. The van der Waals surface area contributed by atoms with E-state index in [9.17, 15) is 9.90 Å². The van der Waals surface area contributed by atoms with Gasteiger partial charge >= 0.3 is 0 Å². The van der Waals surface area contributed by atoms with Gasteiger partial charge in [0.1, 0.15) is 0 Å². The Morgan fingerprint density at radius 3 is 2.68 bits per heavy atom. The summed E-state index contributed by atoms with van der Waals surface area (Å²) in [5.74, 6) is -0.221. The number of aliphatic hydroxyl groups excluding tert-OH is 1. The molecule has 0 heterocycles. The Morgan fingerprint density at radius 2 is 2.00 bits per heavy atom. The number of benzene rings is 2. The van der Waals surface area contributed by atoms with Crippen molar-refractivity contribution in [2.24, 2.45) is 0 Å². The molecule has 0 amide bonds. The summed E-state index contributed by atoms with van der Waals surface area (Å²) in [6.45, 7) is 1.70. The number of rotatable bonds is 5. The number of aliphatic hydroxyl groups is 1. The molecule has 0 aliphatic rings. The molecular weight excluding hydrogens is 321 g/mol. The van der Waals surface area contributed by atoms with E-state index in [0.29, 0.717) is 15.6 Å². The number of allylic oxidation sites excluding steroid dienone is 1. The number of anilines is 1. The normalized spacial score (nSPS) is 12.4. The van der Waals surface area contributed by atoms with Gasteiger partial charge in [0.2, 0.25) is 0 Å². The smallest absolute Gasteiger partial charge is 0.188 e. The number of hydrogen-bond donors (Lipinski definition) is 2. The van der Waals surface area contributed by atoms with Gasteiger partial charge in [0.25, 0.3) is 0 Å². The third kappa shape index (κ3) is 4.34. The van der Waals surface area contributed by atoms with Crippen LogP contribution in [0.2, 0.25) is 10.0 Å². The highest BCUT2D eigenvalue weighted by Gasteiger charge is 2.07. The van der Waals surface area contributed by atoms with Crippen LogP contribution in [-0.4, -0.2) is 10.9 Å². The van der Waals surface area contributed by atoms with Gasteiger partial charge in [0, 0.05) is 28.5 Å². The SMILES string of the molecule is C[C@@H](O)c1cccc(N/C=C/C(=O)c2ccc(Cl)cc2Cl)c1. The lowest BCUT2D eigenvalue weighted by Gasteiger charge is -2.07. The molecule has 22 heavy (non-hydrogen) atoms. The molecule has 0 aliphatic heterocycles. The maximum atomic E-state index is 12.0. The summed E-state index contributed by atoms with van der Waals surface area (Å²) in [5.41, 5.74) is 1.97. The second kappa shape index (κ2) is 7.45. The molecule has 0 fully saturated rings. The van der Waals surface area contributed by atoms with Gasteiger partial charge in [0.05, 0.1) is 11.1 Å². The Labute approximate surface area is 139 Å². The van der Waals surface area contributed by atoms with Crippen molar-refractivity contribution in [1.82, 2.24) is 0 Å². The van der Waals surface area contributed by atoms with Crippen LogP contribution in [0.3, 0.4) is 0 Å². The van der Waals surface area contributed by atoms with Gasteiger partial charge in [-0.2, -0.15) is 0 Å². The zero-order valence-corrected chi connectivity index (χ0v) is 13.4. The maximum Gasteiger partial charge on any atom is 0.188 e. The molecule has 1 atom stereocenters. The van der Waals surface area contributed by atoms with Crippen molar-refractivity contribution in [2.75, 3.05) is 5.32 Å². The fraction of sp³-hybridized carbons (Fsp3) is 0.118. The molecule has 2 rings (SSSR count). The van der Waals surface area contributed by atoms with Gasteiger partial charge in [0.15, 0.2) is 5.78 Å². The van der Waals surface area contributed by atoms with Crippen LogP contribution in [0.25, 0.3) is 0 Å². The second-order valence-corrected chi connectivity index (χ2v) is 5.61. The number of carbonyl (C=O) groups excluding carboxylic acids is 1. The van der Waals surface area contributed by atoms with Gasteiger partial charge in [-0.25, -0.2) is 0 Å². The van der Waals surface area contributed by atoms with Crippen LogP contribution in [0.4, 0.5) is 5.69 Å². The van der Waals surface area contributed by atoms with Crippen molar-refractivity contribution in [2.45, 2.75) is 13.0 Å². The third-order valence-electron chi connectivity index (χ3n) is 3.05. The topological polar surface area (TPSA) is 49.3 Å². The summed E-state index contributed by atoms with van der Waals surface area (Å²) in [6.07, 6.45) is 2.39. The predicted molar refractivity (Wildman–Crippen MR) is 90.6 cm³/mol. The molecule has 0 bridgehead atoms. The van der Waals surface area contributed by atoms with Gasteiger partial charge in [-0.05, 0) is 42.8 Å². The predicted octanol–water partition coefficient (Wildman–Crippen LogP) is 4.86. The van der Waals surface area contributed by atoms with E-state index in [1.165, 1.54) is 18.3 Å². The number of halogens is 2. The minimum absolute atomic E-state index is 0.221. The highest BCUT2D eigenvalue weighted by molar-refractivity contribution is 6.37. The lowest BCUT2D eigenvalue weighted by atomic mass is 10.1. The molecule has 0 saturated carbocycles. The van der Waals surface area contributed by atoms with E-state index >= 15 is 0 Å². The lowest BCUT2D eigenvalue weighted by molar-refractivity contribution is 0.104. The van der Waals surface area contributed by atoms with Crippen molar-refractivity contribution >= 4 is 34.7 Å². The van der Waals surface area contributed by atoms with Crippen molar-refractivity contribution in [3.8, 4) is 0 Å². The summed E-state index contributed by atoms with van der Waals surface area (Å²) in [7, 11) is 0. The van der Waals surface area contributed by atoms with E-state index in [1.807, 2.05) is 24.3 Å².